The number of hydrogen-bond acceptors (Lipinski definition) is 1. The maximum atomic E-state index is 3.77. The van der Waals surface area contributed by atoms with Crippen LogP contribution in [0.4, 0.5) is 0 Å². The summed E-state index contributed by atoms with van der Waals surface area (Å²) in [6.45, 7) is 12.9. The van der Waals surface area contributed by atoms with Crippen molar-refractivity contribution in [3.8, 4) is 0 Å². The molecule has 3 atom stereocenters. The molecule has 1 aromatic carbocycles. The molecule has 0 aromatic heterocycles. The molecule has 21 heavy (non-hydrogen) atoms. The Bertz CT molecular complexity index is 449. The molecule has 0 aliphatic heterocycles. The summed E-state index contributed by atoms with van der Waals surface area (Å²) in [7, 11) is 0. The van der Waals surface area contributed by atoms with E-state index in [2.05, 4.69) is 64.2 Å². The summed E-state index contributed by atoms with van der Waals surface area (Å²) in [6, 6.07) is 9.58. The van der Waals surface area contributed by atoms with Crippen molar-refractivity contribution in [3.05, 3.63) is 35.4 Å². The molecule has 1 saturated carbocycles. The maximum Gasteiger partial charge on any atom is 0.0103 e. The van der Waals surface area contributed by atoms with Crippen LogP contribution in [0.15, 0.2) is 24.3 Å². The number of benzene rings is 1. The third-order valence-corrected chi connectivity index (χ3v) is 5.49. The lowest BCUT2D eigenvalue weighted by atomic mass is 9.64. The van der Waals surface area contributed by atoms with E-state index in [1.54, 1.807) is 0 Å². The summed E-state index contributed by atoms with van der Waals surface area (Å²) in [5, 5.41) is 3.77. The van der Waals surface area contributed by atoms with Gasteiger partial charge >= 0.3 is 0 Å². The molecule has 0 spiro atoms. The van der Waals surface area contributed by atoms with Crippen LogP contribution in [-0.4, -0.2) is 12.6 Å². The third kappa shape index (κ3) is 4.10. The fourth-order valence-corrected chi connectivity index (χ4v) is 4.23. The number of nitrogens with one attached hydrogen (secondary N) is 1. The average Bonchev–Trinajstić information content (AvgIpc) is 2.41. The highest BCUT2D eigenvalue weighted by molar-refractivity contribution is 5.26. The predicted molar refractivity (Wildman–Crippen MR) is 92.6 cm³/mol. The second kappa shape index (κ2) is 6.96. The average molecular weight is 287 g/mol. The summed E-state index contributed by atoms with van der Waals surface area (Å²) in [4.78, 5) is 0. The van der Waals surface area contributed by atoms with Gasteiger partial charge in [0.2, 0.25) is 0 Å². The summed E-state index contributed by atoms with van der Waals surface area (Å²) in [5.74, 6) is 1.66. The second-order valence-electron chi connectivity index (χ2n) is 7.78. The van der Waals surface area contributed by atoms with E-state index in [4.69, 9.17) is 0 Å². The summed E-state index contributed by atoms with van der Waals surface area (Å²) in [6.07, 6.45) is 5.30. The molecule has 1 aromatic rings. The zero-order valence-electron chi connectivity index (χ0n) is 14.6. The molecule has 0 amide bonds. The molecule has 1 fully saturated rings. The van der Waals surface area contributed by atoms with Crippen LogP contribution in [0.3, 0.4) is 0 Å². The molecular formula is C20H33N. The Labute approximate surface area is 131 Å². The first-order valence-corrected chi connectivity index (χ1v) is 8.72. The van der Waals surface area contributed by atoms with Gasteiger partial charge in [-0.05, 0) is 61.1 Å². The molecule has 0 saturated heterocycles. The minimum atomic E-state index is 0.360. The lowest BCUT2D eigenvalue weighted by Gasteiger charge is -2.45. The van der Waals surface area contributed by atoms with Crippen LogP contribution in [0.1, 0.15) is 58.1 Å². The van der Waals surface area contributed by atoms with Crippen molar-refractivity contribution in [3.63, 3.8) is 0 Å². The van der Waals surface area contributed by atoms with Gasteiger partial charge in [-0.1, -0.05) is 58.4 Å². The van der Waals surface area contributed by atoms with Crippen molar-refractivity contribution in [1.82, 2.24) is 5.32 Å². The van der Waals surface area contributed by atoms with Crippen LogP contribution in [0, 0.1) is 24.2 Å². The van der Waals surface area contributed by atoms with Gasteiger partial charge in [0.1, 0.15) is 0 Å². The van der Waals surface area contributed by atoms with Gasteiger partial charge in [0.15, 0.2) is 0 Å². The standard InChI is InChI=1S/C20H33N/c1-6-21-19-13-15(2)11-12-18(19)20(4,5)14-17-10-8-7-9-16(17)3/h7-10,15,18-19,21H,6,11-14H2,1-5H3. The Balaban J connectivity index is 2.14. The van der Waals surface area contributed by atoms with Crippen molar-refractivity contribution in [2.24, 2.45) is 17.3 Å². The minimum Gasteiger partial charge on any atom is -0.314 e. The highest BCUT2D eigenvalue weighted by Crippen LogP contribution is 2.42. The molecule has 3 unspecified atom stereocenters. The van der Waals surface area contributed by atoms with Crippen molar-refractivity contribution >= 4 is 0 Å². The Morgan fingerprint density at radius 3 is 2.57 bits per heavy atom. The highest BCUT2D eigenvalue weighted by Gasteiger charge is 2.38. The highest BCUT2D eigenvalue weighted by atomic mass is 14.9. The monoisotopic (exact) mass is 287 g/mol. The Morgan fingerprint density at radius 1 is 1.19 bits per heavy atom. The maximum absolute atomic E-state index is 3.77. The predicted octanol–water partition coefficient (Wildman–Crippen LogP) is 4.98. The van der Waals surface area contributed by atoms with Crippen LogP contribution in [0.2, 0.25) is 0 Å². The van der Waals surface area contributed by atoms with Gasteiger partial charge in [-0.3, -0.25) is 0 Å². The van der Waals surface area contributed by atoms with Gasteiger partial charge in [0.05, 0.1) is 0 Å². The molecule has 0 heterocycles. The Hall–Kier alpha value is -0.820. The van der Waals surface area contributed by atoms with Gasteiger partial charge in [-0.25, -0.2) is 0 Å². The van der Waals surface area contributed by atoms with Gasteiger partial charge in [0.25, 0.3) is 0 Å². The fourth-order valence-electron chi connectivity index (χ4n) is 4.23. The smallest absolute Gasteiger partial charge is 0.0103 e. The van der Waals surface area contributed by atoms with Crippen LogP contribution in [0.5, 0.6) is 0 Å². The van der Waals surface area contributed by atoms with E-state index in [-0.39, 0.29) is 0 Å². The SMILES string of the molecule is CCNC1CC(C)CCC1C(C)(C)Cc1ccccc1C. The third-order valence-electron chi connectivity index (χ3n) is 5.49. The van der Waals surface area contributed by atoms with E-state index in [1.165, 1.54) is 36.8 Å². The zero-order chi connectivity index (χ0) is 15.5. The fraction of sp³-hybridized carbons (Fsp3) is 0.700. The second-order valence-corrected chi connectivity index (χ2v) is 7.78. The van der Waals surface area contributed by atoms with Gasteiger partial charge in [0, 0.05) is 6.04 Å². The lowest BCUT2D eigenvalue weighted by Crippen LogP contribution is -2.47. The molecule has 1 heteroatoms. The van der Waals surface area contributed by atoms with E-state index in [9.17, 15) is 0 Å². The first kappa shape index (κ1) is 16.5. The topological polar surface area (TPSA) is 12.0 Å². The Kier molecular flexibility index (Phi) is 5.48. The molecule has 0 bridgehead atoms. The molecule has 0 radical (unpaired) electrons. The van der Waals surface area contributed by atoms with Crippen LogP contribution < -0.4 is 5.32 Å². The normalized spacial score (nSPS) is 26.8. The first-order chi connectivity index (χ1) is 9.94. The molecule has 1 aliphatic rings. The zero-order valence-corrected chi connectivity index (χ0v) is 14.6. The van der Waals surface area contributed by atoms with Crippen molar-refractivity contribution < 1.29 is 0 Å². The summed E-state index contributed by atoms with van der Waals surface area (Å²) >= 11 is 0. The number of aryl methyl sites for hydroxylation is 1. The summed E-state index contributed by atoms with van der Waals surface area (Å²) < 4.78 is 0. The minimum absolute atomic E-state index is 0.360. The molecule has 118 valence electrons. The van der Waals surface area contributed by atoms with Gasteiger partial charge < -0.3 is 5.32 Å². The van der Waals surface area contributed by atoms with Crippen molar-refractivity contribution in [2.75, 3.05) is 6.54 Å². The van der Waals surface area contributed by atoms with Crippen LogP contribution >= 0.6 is 0 Å². The van der Waals surface area contributed by atoms with Crippen LogP contribution in [-0.2, 0) is 6.42 Å². The van der Waals surface area contributed by atoms with Gasteiger partial charge in [-0.15, -0.1) is 0 Å². The van der Waals surface area contributed by atoms with E-state index in [0.29, 0.717) is 11.5 Å². The molecule has 1 aliphatic carbocycles. The van der Waals surface area contributed by atoms with Crippen molar-refractivity contribution in [1.29, 1.82) is 0 Å². The van der Waals surface area contributed by atoms with E-state index < -0.39 is 0 Å². The summed E-state index contributed by atoms with van der Waals surface area (Å²) in [5.41, 5.74) is 3.32. The largest absolute Gasteiger partial charge is 0.314 e. The molecule has 2 rings (SSSR count). The van der Waals surface area contributed by atoms with Crippen molar-refractivity contribution in [2.45, 2.75) is 66.3 Å². The van der Waals surface area contributed by atoms with Gasteiger partial charge in [-0.2, -0.15) is 0 Å². The lowest BCUT2D eigenvalue weighted by molar-refractivity contribution is 0.0948. The molecule has 1 nitrogen and oxygen atoms in total. The number of hydrogen-bond donors (Lipinski definition) is 1. The van der Waals surface area contributed by atoms with E-state index in [0.717, 1.165) is 18.4 Å². The first-order valence-electron chi connectivity index (χ1n) is 8.72. The molecular weight excluding hydrogens is 254 g/mol. The van der Waals surface area contributed by atoms with Crippen LogP contribution in [0.25, 0.3) is 0 Å². The molecule has 1 N–H and O–H groups in total. The number of rotatable bonds is 5. The van der Waals surface area contributed by atoms with E-state index >= 15 is 0 Å². The Morgan fingerprint density at radius 2 is 1.90 bits per heavy atom. The quantitative estimate of drug-likeness (QED) is 0.805. The van der Waals surface area contributed by atoms with E-state index in [1.807, 2.05) is 0 Å².